The summed E-state index contributed by atoms with van der Waals surface area (Å²) in [6, 6.07) is 2.36. The average Bonchev–Trinajstić information content (AvgIpc) is 2.64. The maximum absolute atomic E-state index is 14.5. The van der Waals surface area contributed by atoms with Crippen LogP contribution in [-0.2, 0) is 16.3 Å². The number of benzene rings is 2. The summed E-state index contributed by atoms with van der Waals surface area (Å²) < 4.78 is 130. The molecule has 32 heavy (non-hydrogen) atoms. The second-order valence-corrected chi connectivity index (χ2v) is 9.14. The molecule has 0 fully saturated rings. The Kier molecular flexibility index (Phi) is 6.15. The first kappa shape index (κ1) is 24.5. The number of halogens is 9. The van der Waals surface area contributed by atoms with Crippen molar-refractivity contribution in [1.82, 2.24) is 0 Å². The van der Waals surface area contributed by atoms with Crippen molar-refractivity contribution in [1.29, 1.82) is 0 Å². The van der Waals surface area contributed by atoms with Crippen molar-refractivity contribution in [3.05, 3.63) is 52.0 Å². The minimum atomic E-state index is -6.34. The van der Waals surface area contributed by atoms with Gasteiger partial charge in [0.05, 0.1) is 21.3 Å². The van der Waals surface area contributed by atoms with E-state index in [1.165, 1.54) is 0 Å². The Morgan fingerprint density at radius 1 is 1.06 bits per heavy atom. The van der Waals surface area contributed by atoms with Crippen molar-refractivity contribution in [3.8, 4) is 0 Å². The third-order valence-corrected chi connectivity index (χ3v) is 6.73. The smallest absolute Gasteiger partial charge is 0.379 e. The van der Waals surface area contributed by atoms with Crippen molar-refractivity contribution < 1.29 is 48.6 Å². The number of aryl methyl sites for hydroxylation is 1. The van der Waals surface area contributed by atoms with E-state index in [0.717, 1.165) is 11.0 Å². The van der Waals surface area contributed by atoms with Crippen LogP contribution in [0.25, 0.3) is 0 Å². The van der Waals surface area contributed by atoms with E-state index in [2.05, 4.69) is 0 Å². The van der Waals surface area contributed by atoms with Crippen LogP contribution >= 0.6 is 11.6 Å². The van der Waals surface area contributed by atoms with Gasteiger partial charge in [-0.1, -0.05) is 11.6 Å². The van der Waals surface area contributed by atoms with Gasteiger partial charge >= 0.3 is 11.7 Å². The van der Waals surface area contributed by atoms with Crippen LogP contribution in [-0.4, -0.2) is 31.8 Å². The van der Waals surface area contributed by atoms with Crippen LogP contribution in [0.1, 0.15) is 23.7 Å². The zero-order valence-corrected chi connectivity index (χ0v) is 17.1. The van der Waals surface area contributed by atoms with Crippen LogP contribution in [0.3, 0.4) is 0 Å². The van der Waals surface area contributed by atoms with Gasteiger partial charge in [0, 0.05) is 18.2 Å². The highest BCUT2D eigenvalue weighted by Crippen LogP contribution is 2.48. The molecule has 0 radical (unpaired) electrons. The second kappa shape index (κ2) is 8.03. The first-order valence-electron chi connectivity index (χ1n) is 8.71. The monoisotopic (exact) mass is 509 g/mol. The third-order valence-electron chi connectivity index (χ3n) is 4.79. The van der Waals surface area contributed by atoms with E-state index in [0.29, 0.717) is 12.1 Å². The van der Waals surface area contributed by atoms with Crippen molar-refractivity contribution in [3.63, 3.8) is 0 Å². The molecule has 0 bridgehead atoms. The summed E-state index contributed by atoms with van der Waals surface area (Å²) in [5.74, 6) is -2.03. The largest absolute Gasteiger partial charge is 0.501 e. The van der Waals surface area contributed by atoms with E-state index in [1.54, 1.807) is 0 Å². The minimum Gasteiger partial charge on any atom is -0.379 e. The lowest BCUT2D eigenvalue weighted by atomic mass is 9.99. The van der Waals surface area contributed by atoms with Crippen LogP contribution in [0.2, 0.25) is 5.02 Å². The lowest BCUT2D eigenvalue weighted by molar-refractivity contribution is -0.207. The number of aliphatic hydroxyl groups is 1. The van der Waals surface area contributed by atoms with Gasteiger partial charge in [0.1, 0.15) is 11.6 Å². The lowest BCUT2D eigenvalue weighted by Crippen LogP contribution is -2.30. The summed E-state index contributed by atoms with van der Waals surface area (Å²) in [7, 11) is -6.34. The molecule has 0 saturated carbocycles. The number of fused-ring (bicyclic) bond motifs is 1. The number of anilines is 2. The van der Waals surface area contributed by atoms with Crippen LogP contribution in [0, 0.1) is 11.6 Å². The van der Waals surface area contributed by atoms with Gasteiger partial charge in [-0.2, -0.15) is 26.3 Å². The van der Waals surface area contributed by atoms with Gasteiger partial charge < -0.3 is 10.0 Å². The molecule has 0 spiro atoms. The van der Waals surface area contributed by atoms with Gasteiger partial charge in [-0.3, -0.25) is 0 Å². The fourth-order valence-corrected chi connectivity index (χ4v) is 4.87. The van der Waals surface area contributed by atoms with Gasteiger partial charge in [0.25, 0.3) is 9.84 Å². The summed E-state index contributed by atoms with van der Waals surface area (Å²) in [4.78, 5) is -0.896. The highest BCUT2D eigenvalue weighted by atomic mass is 35.5. The predicted octanol–water partition coefficient (Wildman–Crippen LogP) is 5.59. The molecule has 3 rings (SSSR count). The first-order chi connectivity index (χ1) is 14.6. The summed E-state index contributed by atoms with van der Waals surface area (Å²) in [5.41, 5.74) is -8.38. The quantitative estimate of drug-likeness (QED) is 0.548. The highest BCUT2D eigenvalue weighted by molar-refractivity contribution is 7.92. The van der Waals surface area contributed by atoms with E-state index in [1.807, 2.05) is 0 Å². The number of hydrogen-bond acceptors (Lipinski definition) is 4. The number of rotatable bonds is 3. The van der Waals surface area contributed by atoms with Crippen molar-refractivity contribution in [2.45, 2.75) is 35.5 Å². The van der Waals surface area contributed by atoms with Crippen molar-refractivity contribution >= 4 is 32.8 Å². The number of hydrogen-bond donors (Lipinski definition) is 1. The number of nitrogens with zero attached hydrogens (tertiary/aromatic N) is 1. The zero-order chi connectivity index (χ0) is 24.2. The maximum atomic E-state index is 14.5. The van der Waals surface area contributed by atoms with E-state index in [4.69, 9.17) is 11.6 Å². The summed E-state index contributed by atoms with van der Waals surface area (Å²) >= 11 is 5.92. The molecule has 1 aliphatic heterocycles. The Morgan fingerprint density at radius 3 is 2.25 bits per heavy atom. The zero-order valence-electron chi connectivity index (χ0n) is 15.5. The van der Waals surface area contributed by atoms with E-state index >= 15 is 0 Å². The standard InChI is InChI=1S/C18H12ClF8NO3S/c19-14-11(28-5-1-2-8-6-9(20)7-10(21)15(8)28)3-4-12(32(30,31)18(25,26)27)13(14)16(29)17(22,23)24/h3-4,6-7,16,29H,1-2,5H2. The first-order valence-corrected chi connectivity index (χ1v) is 10.6. The minimum absolute atomic E-state index is 0.0812. The molecular weight excluding hydrogens is 498 g/mol. The lowest BCUT2D eigenvalue weighted by Gasteiger charge is -2.33. The maximum Gasteiger partial charge on any atom is 0.501 e. The average molecular weight is 510 g/mol. The van der Waals surface area contributed by atoms with E-state index in [9.17, 15) is 48.6 Å². The molecule has 0 amide bonds. The Hall–Kier alpha value is -2.12. The van der Waals surface area contributed by atoms with Gasteiger partial charge in [0.15, 0.2) is 6.10 Å². The molecule has 0 aromatic heterocycles. The normalized spacial score (nSPS) is 16.1. The summed E-state index contributed by atoms with van der Waals surface area (Å²) in [6.45, 7) is -0.0812. The van der Waals surface area contributed by atoms with Gasteiger partial charge in [-0.15, -0.1) is 0 Å². The predicted molar refractivity (Wildman–Crippen MR) is 97.4 cm³/mol. The van der Waals surface area contributed by atoms with Crippen LogP contribution in [0.5, 0.6) is 0 Å². The van der Waals surface area contributed by atoms with Crippen LogP contribution in [0.15, 0.2) is 29.2 Å². The fourth-order valence-electron chi connectivity index (χ4n) is 3.44. The molecule has 14 heteroatoms. The molecule has 1 N–H and O–H groups in total. The highest BCUT2D eigenvalue weighted by Gasteiger charge is 2.52. The summed E-state index contributed by atoms with van der Waals surface area (Å²) in [5, 5.41) is 8.50. The fraction of sp³-hybridized carbons (Fsp3) is 0.333. The Morgan fingerprint density at radius 2 is 1.69 bits per heavy atom. The van der Waals surface area contributed by atoms with Crippen LogP contribution in [0.4, 0.5) is 46.5 Å². The molecule has 2 aromatic carbocycles. The third kappa shape index (κ3) is 4.13. The van der Waals surface area contributed by atoms with Crippen LogP contribution < -0.4 is 4.90 Å². The molecule has 1 unspecified atom stereocenters. The SMILES string of the molecule is O=S(=O)(c1ccc(N2CCCc3cc(F)cc(F)c32)c(Cl)c1C(O)C(F)(F)F)C(F)(F)F. The van der Waals surface area contributed by atoms with Gasteiger partial charge in [-0.25, -0.2) is 17.2 Å². The molecular formula is C18H12ClF8NO3S. The summed E-state index contributed by atoms with van der Waals surface area (Å²) in [6.07, 6.45) is -8.83. The molecule has 2 aromatic rings. The molecule has 1 atom stereocenters. The Labute approximate surface area is 180 Å². The van der Waals surface area contributed by atoms with Gasteiger partial charge in [0.2, 0.25) is 0 Å². The van der Waals surface area contributed by atoms with E-state index in [-0.39, 0.29) is 36.7 Å². The number of sulfone groups is 1. The van der Waals surface area contributed by atoms with E-state index < -0.39 is 60.4 Å². The Balaban J connectivity index is 2.31. The molecule has 1 aliphatic rings. The molecule has 4 nitrogen and oxygen atoms in total. The molecule has 176 valence electrons. The van der Waals surface area contributed by atoms with Crippen molar-refractivity contribution in [2.24, 2.45) is 0 Å². The number of alkyl halides is 6. The molecule has 0 saturated heterocycles. The Bertz CT molecular complexity index is 1160. The van der Waals surface area contributed by atoms with Gasteiger partial charge in [-0.05, 0) is 36.6 Å². The molecule has 0 aliphatic carbocycles. The number of aliphatic hydroxyl groups excluding tert-OH is 1. The second-order valence-electron chi connectivity index (χ2n) is 6.85. The van der Waals surface area contributed by atoms with Crippen molar-refractivity contribution in [2.75, 3.05) is 11.4 Å². The topological polar surface area (TPSA) is 57.6 Å². The molecule has 1 heterocycles.